The van der Waals surface area contributed by atoms with Crippen LogP contribution in [0.1, 0.15) is 278 Å². The number of ether oxygens (including phenoxy) is 3. The summed E-state index contributed by atoms with van der Waals surface area (Å²) in [6.07, 6.45) is 58.5. The summed E-state index contributed by atoms with van der Waals surface area (Å²) < 4.78 is 60.7. The van der Waals surface area contributed by atoms with Gasteiger partial charge in [-0.1, -0.05) is 210 Å². The molecule has 0 spiro atoms. The molecule has 5 atom stereocenters. The van der Waals surface area contributed by atoms with Crippen LogP contribution in [0, 0.1) is 0 Å². The molecule has 0 amide bonds. The monoisotopic (exact) mass is 1220 g/mol. The summed E-state index contributed by atoms with van der Waals surface area (Å²) in [6.45, 7) is 2.59. The van der Waals surface area contributed by atoms with Crippen LogP contribution < -0.4 is 0 Å². The number of phosphoric ester groups is 2. The summed E-state index contributed by atoms with van der Waals surface area (Å²) in [7, 11) is -9.76. The Hall–Kier alpha value is -2.75. The second kappa shape index (κ2) is 59.6. The standard InChI is InChI=1S/C65H118O16P2/c1-4-7-10-13-16-19-22-25-27-28-29-30-32-35-36-39-42-45-48-51-63(68)75-54-60(66)55-77-82(71,72)78-56-61(67)57-79-83(73,74)80-59-62(81-65(70)53-50-47-44-41-38-33-24-21-18-15-12-9-6-3)58-76-64(69)52-49-46-43-40-37-34-31-26-23-20-17-14-11-8-5-2/h16,19,21,24-27,29-31,60-62,66-67H,4-15,17-18,20,22-23,28,32-59H2,1-3H3,(H,71,72)(H,73,74)/b19-16-,24-21-,27-25-,30-29-,31-26-. The van der Waals surface area contributed by atoms with Crippen molar-refractivity contribution in [2.24, 2.45) is 0 Å². The minimum Gasteiger partial charge on any atom is -0.463 e. The Labute approximate surface area is 503 Å². The fraction of sp³-hybridized carbons (Fsp3) is 0.800. The van der Waals surface area contributed by atoms with E-state index in [0.29, 0.717) is 19.3 Å². The van der Waals surface area contributed by atoms with E-state index in [2.05, 4.69) is 81.5 Å². The van der Waals surface area contributed by atoms with Crippen LogP contribution in [0.25, 0.3) is 0 Å². The maximum absolute atomic E-state index is 12.9. The first-order chi connectivity index (χ1) is 40.2. The van der Waals surface area contributed by atoms with Crippen molar-refractivity contribution < 1.29 is 75.8 Å². The summed E-state index contributed by atoms with van der Waals surface area (Å²) in [5, 5.41) is 20.5. The van der Waals surface area contributed by atoms with Crippen molar-refractivity contribution >= 4 is 33.6 Å². The molecule has 0 saturated heterocycles. The molecule has 0 aromatic carbocycles. The van der Waals surface area contributed by atoms with Crippen molar-refractivity contribution in [1.82, 2.24) is 0 Å². The summed E-state index contributed by atoms with van der Waals surface area (Å²) in [4.78, 5) is 58.2. The molecular weight excluding hydrogens is 1100 g/mol. The quantitative estimate of drug-likeness (QED) is 0.0146. The van der Waals surface area contributed by atoms with Gasteiger partial charge in [0, 0.05) is 19.3 Å². The Kier molecular flexibility index (Phi) is 57.6. The van der Waals surface area contributed by atoms with Gasteiger partial charge in [-0.05, 0) is 109 Å². The smallest absolute Gasteiger partial charge is 0.463 e. The molecule has 0 radical (unpaired) electrons. The summed E-state index contributed by atoms with van der Waals surface area (Å²) in [5.74, 6) is -1.60. The Bertz CT molecular complexity index is 1770. The average molecular weight is 1220 g/mol. The number of hydrogen-bond donors (Lipinski definition) is 4. The average Bonchev–Trinajstić information content (AvgIpc) is 3.46. The zero-order valence-corrected chi connectivity index (χ0v) is 53.9. The number of hydrogen-bond acceptors (Lipinski definition) is 14. The predicted molar refractivity (Wildman–Crippen MR) is 335 cm³/mol. The van der Waals surface area contributed by atoms with Crippen LogP contribution in [-0.4, -0.2) is 95.9 Å². The Morgan fingerprint density at radius 1 is 0.337 bits per heavy atom. The van der Waals surface area contributed by atoms with Crippen molar-refractivity contribution in [3.8, 4) is 0 Å². The summed E-state index contributed by atoms with van der Waals surface area (Å²) >= 11 is 0. The van der Waals surface area contributed by atoms with E-state index in [0.717, 1.165) is 128 Å². The van der Waals surface area contributed by atoms with Crippen LogP contribution >= 0.6 is 15.6 Å². The highest BCUT2D eigenvalue weighted by Crippen LogP contribution is 2.45. The third kappa shape index (κ3) is 60.7. The molecule has 0 aliphatic rings. The summed E-state index contributed by atoms with van der Waals surface area (Å²) in [6, 6.07) is 0. The second-order valence-corrected chi connectivity index (χ2v) is 24.8. The molecule has 83 heavy (non-hydrogen) atoms. The van der Waals surface area contributed by atoms with Gasteiger partial charge in [0.05, 0.1) is 26.4 Å². The van der Waals surface area contributed by atoms with E-state index in [1.807, 2.05) is 0 Å². The van der Waals surface area contributed by atoms with Gasteiger partial charge in [-0.15, -0.1) is 0 Å². The van der Waals surface area contributed by atoms with Crippen LogP contribution in [-0.2, 0) is 55.8 Å². The van der Waals surface area contributed by atoms with Crippen molar-refractivity contribution in [3.05, 3.63) is 60.8 Å². The normalized spacial score (nSPS) is 14.7. The lowest BCUT2D eigenvalue weighted by Crippen LogP contribution is -2.30. The van der Waals surface area contributed by atoms with Crippen molar-refractivity contribution in [1.29, 1.82) is 0 Å². The van der Waals surface area contributed by atoms with Gasteiger partial charge in [-0.3, -0.25) is 32.5 Å². The molecule has 0 saturated carbocycles. The number of aliphatic hydroxyl groups is 2. The van der Waals surface area contributed by atoms with Crippen LogP contribution in [0.3, 0.4) is 0 Å². The number of rotatable bonds is 62. The van der Waals surface area contributed by atoms with E-state index in [9.17, 15) is 43.5 Å². The summed E-state index contributed by atoms with van der Waals surface area (Å²) in [5.41, 5.74) is 0. The third-order valence-electron chi connectivity index (χ3n) is 13.7. The van der Waals surface area contributed by atoms with Gasteiger partial charge in [0.15, 0.2) is 6.10 Å². The number of aliphatic hydroxyl groups excluding tert-OH is 2. The molecule has 0 rings (SSSR count). The van der Waals surface area contributed by atoms with E-state index in [1.165, 1.54) is 89.9 Å². The number of allylic oxidation sites excluding steroid dienone is 10. The highest BCUT2D eigenvalue weighted by atomic mass is 31.2. The lowest BCUT2D eigenvalue weighted by Gasteiger charge is -2.21. The maximum Gasteiger partial charge on any atom is 0.472 e. The van der Waals surface area contributed by atoms with Gasteiger partial charge in [0.2, 0.25) is 0 Å². The number of carbonyl (C=O) groups excluding carboxylic acids is 3. The van der Waals surface area contributed by atoms with Gasteiger partial charge in [-0.2, -0.15) is 0 Å². The molecular formula is C65H118O16P2. The maximum atomic E-state index is 12.9. The van der Waals surface area contributed by atoms with Gasteiger partial charge < -0.3 is 34.2 Å². The molecule has 18 heteroatoms. The zero-order valence-electron chi connectivity index (χ0n) is 52.1. The Morgan fingerprint density at radius 3 is 1.00 bits per heavy atom. The lowest BCUT2D eigenvalue weighted by atomic mass is 10.1. The molecule has 16 nitrogen and oxygen atoms in total. The van der Waals surface area contributed by atoms with Crippen LogP contribution in [0.5, 0.6) is 0 Å². The van der Waals surface area contributed by atoms with E-state index in [4.69, 9.17) is 32.3 Å². The highest BCUT2D eigenvalue weighted by Gasteiger charge is 2.29. The fourth-order valence-electron chi connectivity index (χ4n) is 8.62. The van der Waals surface area contributed by atoms with Crippen molar-refractivity contribution in [2.75, 3.05) is 39.6 Å². The first-order valence-corrected chi connectivity index (χ1v) is 35.6. The highest BCUT2D eigenvalue weighted by molar-refractivity contribution is 7.47. The number of carbonyl (C=O) groups is 3. The van der Waals surface area contributed by atoms with Crippen LogP contribution in [0.4, 0.5) is 0 Å². The van der Waals surface area contributed by atoms with Gasteiger partial charge in [0.1, 0.15) is 25.4 Å². The Morgan fingerprint density at radius 2 is 0.602 bits per heavy atom. The van der Waals surface area contributed by atoms with Gasteiger partial charge >= 0.3 is 33.6 Å². The van der Waals surface area contributed by atoms with Crippen LogP contribution in [0.15, 0.2) is 60.8 Å². The molecule has 484 valence electrons. The number of phosphoric acid groups is 2. The van der Waals surface area contributed by atoms with Gasteiger partial charge in [0.25, 0.3) is 0 Å². The fourth-order valence-corrected chi connectivity index (χ4v) is 10.2. The minimum atomic E-state index is -4.92. The minimum absolute atomic E-state index is 0.0952. The topological polar surface area (TPSA) is 231 Å². The molecule has 0 aromatic rings. The van der Waals surface area contributed by atoms with E-state index in [1.54, 1.807) is 0 Å². The second-order valence-electron chi connectivity index (χ2n) is 21.9. The third-order valence-corrected chi connectivity index (χ3v) is 15.6. The molecule has 0 aliphatic heterocycles. The molecule has 0 heterocycles. The molecule has 5 unspecified atom stereocenters. The van der Waals surface area contributed by atoms with Crippen molar-refractivity contribution in [3.63, 3.8) is 0 Å². The molecule has 4 N–H and O–H groups in total. The Balaban J connectivity index is 4.64. The lowest BCUT2D eigenvalue weighted by molar-refractivity contribution is -0.161. The van der Waals surface area contributed by atoms with Crippen LogP contribution in [0.2, 0.25) is 0 Å². The SMILES string of the molecule is CCCCC/C=C\C/C=C\C/C=C\CCCCCCCCC(=O)OCC(O)COP(=O)(O)OCC(O)COP(=O)(O)OCC(COC(=O)CCCCCCC/C=C\CCCCCCCC)OC(=O)CCCCCCC/C=C\CCCCCC. The van der Waals surface area contributed by atoms with Crippen molar-refractivity contribution in [2.45, 2.75) is 296 Å². The molecule has 0 aliphatic carbocycles. The number of unbranched alkanes of at least 4 members (excludes halogenated alkanes) is 29. The first kappa shape index (κ1) is 80.2. The number of esters is 3. The molecule has 0 bridgehead atoms. The molecule has 0 fully saturated rings. The largest absolute Gasteiger partial charge is 0.472 e. The molecule has 0 aromatic heterocycles. The van der Waals surface area contributed by atoms with E-state index >= 15 is 0 Å². The first-order valence-electron chi connectivity index (χ1n) is 32.6. The van der Waals surface area contributed by atoms with Gasteiger partial charge in [-0.25, -0.2) is 9.13 Å². The van der Waals surface area contributed by atoms with E-state index in [-0.39, 0.29) is 19.3 Å². The predicted octanol–water partition coefficient (Wildman–Crippen LogP) is 17.4. The zero-order chi connectivity index (χ0) is 61.0. The van der Waals surface area contributed by atoms with E-state index < -0.39 is 91.5 Å².